The van der Waals surface area contributed by atoms with Gasteiger partial charge in [-0.3, -0.25) is 13.9 Å². The number of methoxy groups -OCH3 is 2. The fraction of sp³-hybridized carbons (Fsp3) is 0.333. The molecule has 2 amide bonds. The molecule has 0 aliphatic carbocycles. The predicted octanol–water partition coefficient (Wildman–Crippen LogP) is 4.23. The first-order valence-electron chi connectivity index (χ1n) is 13.1. The summed E-state index contributed by atoms with van der Waals surface area (Å²) in [5.41, 5.74) is 0.936. The van der Waals surface area contributed by atoms with E-state index in [2.05, 4.69) is 5.32 Å². The number of sulfonamides is 1. The molecule has 214 valence electrons. The SMILES string of the molecule is CC[C@H](C)NC(=O)[C@@H](C)N(Cc1cccc(OC)c1)C(=O)CN(c1ccccc1OC)S(=O)(=O)c1ccccc1. The lowest BCUT2D eigenvalue weighted by molar-refractivity contribution is -0.139. The summed E-state index contributed by atoms with van der Waals surface area (Å²) in [6.45, 7) is 4.98. The van der Waals surface area contributed by atoms with Crippen molar-refractivity contribution in [1.29, 1.82) is 0 Å². The maximum absolute atomic E-state index is 14.0. The number of benzene rings is 3. The number of carbonyl (C=O) groups is 2. The van der Waals surface area contributed by atoms with Gasteiger partial charge >= 0.3 is 0 Å². The zero-order chi connectivity index (χ0) is 29.3. The van der Waals surface area contributed by atoms with Crippen LogP contribution in [0.25, 0.3) is 0 Å². The van der Waals surface area contributed by atoms with Crippen LogP contribution in [0.3, 0.4) is 0 Å². The van der Waals surface area contributed by atoms with E-state index in [-0.39, 0.29) is 34.8 Å². The molecule has 3 rings (SSSR count). The summed E-state index contributed by atoms with van der Waals surface area (Å²) in [7, 11) is -1.20. The van der Waals surface area contributed by atoms with Crippen LogP contribution >= 0.6 is 0 Å². The normalized spacial score (nSPS) is 12.6. The number of hydrogen-bond donors (Lipinski definition) is 1. The Morgan fingerprint density at radius 1 is 0.900 bits per heavy atom. The first-order valence-corrected chi connectivity index (χ1v) is 14.5. The van der Waals surface area contributed by atoms with Crippen LogP contribution in [0.15, 0.2) is 83.8 Å². The standard InChI is InChI=1S/C30H37N3O6S/c1-6-22(2)31-30(35)23(3)32(20-24-13-12-14-25(19-24)38-4)29(34)21-33(27-17-10-11-18-28(27)39-5)40(36,37)26-15-8-7-9-16-26/h7-19,22-23H,6,20-21H2,1-5H3,(H,31,35)/t22-,23+/m0/s1. The molecule has 2 atom stereocenters. The summed E-state index contributed by atoms with van der Waals surface area (Å²) >= 11 is 0. The molecule has 3 aromatic carbocycles. The summed E-state index contributed by atoms with van der Waals surface area (Å²) in [5.74, 6) is 0.000939. The molecule has 9 nitrogen and oxygen atoms in total. The number of ether oxygens (including phenoxy) is 2. The van der Waals surface area contributed by atoms with Crippen molar-refractivity contribution >= 4 is 27.5 Å². The van der Waals surface area contributed by atoms with Gasteiger partial charge in [0.05, 0.1) is 24.8 Å². The first kappa shape index (κ1) is 30.5. The average molecular weight is 568 g/mol. The third kappa shape index (κ3) is 7.32. The smallest absolute Gasteiger partial charge is 0.264 e. The number of nitrogens with one attached hydrogen (secondary N) is 1. The van der Waals surface area contributed by atoms with E-state index in [0.717, 1.165) is 16.3 Å². The van der Waals surface area contributed by atoms with Crippen LogP contribution in [0, 0.1) is 0 Å². The molecule has 0 heterocycles. The lowest BCUT2D eigenvalue weighted by Gasteiger charge is -2.32. The molecule has 0 aliphatic heterocycles. The highest BCUT2D eigenvalue weighted by Crippen LogP contribution is 2.32. The van der Waals surface area contributed by atoms with Crippen molar-refractivity contribution in [3.05, 3.63) is 84.4 Å². The second-order valence-electron chi connectivity index (χ2n) is 9.36. The Bertz CT molecular complexity index is 1400. The zero-order valence-corrected chi connectivity index (χ0v) is 24.4. The van der Waals surface area contributed by atoms with E-state index in [1.807, 2.05) is 19.9 Å². The predicted molar refractivity (Wildman–Crippen MR) is 155 cm³/mol. The Hall–Kier alpha value is -4.05. The van der Waals surface area contributed by atoms with E-state index >= 15 is 0 Å². The summed E-state index contributed by atoms with van der Waals surface area (Å²) in [6, 6.07) is 20.7. The number of rotatable bonds is 13. The molecule has 0 aromatic heterocycles. The largest absolute Gasteiger partial charge is 0.497 e. The van der Waals surface area contributed by atoms with Crippen LogP contribution in [-0.4, -0.2) is 58.0 Å². The van der Waals surface area contributed by atoms with Gasteiger partial charge < -0.3 is 19.7 Å². The molecule has 3 aromatic rings. The molecule has 0 fully saturated rings. The third-order valence-electron chi connectivity index (χ3n) is 6.62. The van der Waals surface area contributed by atoms with Gasteiger partial charge in [0.2, 0.25) is 11.8 Å². The van der Waals surface area contributed by atoms with Crippen molar-refractivity contribution in [1.82, 2.24) is 10.2 Å². The van der Waals surface area contributed by atoms with Gasteiger partial charge in [0, 0.05) is 12.6 Å². The van der Waals surface area contributed by atoms with Gasteiger partial charge in [-0.25, -0.2) is 8.42 Å². The second-order valence-corrected chi connectivity index (χ2v) is 11.2. The topological polar surface area (TPSA) is 105 Å². The summed E-state index contributed by atoms with van der Waals surface area (Å²) in [6.07, 6.45) is 0.721. The fourth-order valence-corrected chi connectivity index (χ4v) is 5.53. The van der Waals surface area contributed by atoms with Crippen molar-refractivity contribution in [2.45, 2.75) is 50.7 Å². The summed E-state index contributed by atoms with van der Waals surface area (Å²) in [5, 5.41) is 2.92. The minimum absolute atomic E-state index is 0.0237. The molecular weight excluding hydrogens is 530 g/mol. The minimum Gasteiger partial charge on any atom is -0.497 e. The Morgan fingerprint density at radius 2 is 1.57 bits per heavy atom. The number of carbonyl (C=O) groups excluding carboxylic acids is 2. The van der Waals surface area contributed by atoms with Crippen LogP contribution in [0.2, 0.25) is 0 Å². The maximum atomic E-state index is 14.0. The fourth-order valence-electron chi connectivity index (χ4n) is 4.08. The van der Waals surface area contributed by atoms with Gasteiger partial charge in [-0.05, 0) is 62.2 Å². The van der Waals surface area contributed by atoms with E-state index in [4.69, 9.17) is 9.47 Å². The molecule has 0 spiro atoms. The number of hydrogen-bond acceptors (Lipinski definition) is 6. The van der Waals surface area contributed by atoms with Gasteiger partial charge in [0.25, 0.3) is 10.0 Å². The Kier molecular flexibility index (Phi) is 10.6. The van der Waals surface area contributed by atoms with Crippen molar-refractivity contribution in [2.75, 3.05) is 25.1 Å². The molecule has 1 N–H and O–H groups in total. The Labute approximate surface area is 236 Å². The molecule has 40 heavy (non-hydrogen) atoms. The highest BCUT2D eigenvalue weighted by Gasteiger charge is 2.33. The van der Waals surface area contributed by atoms with Crippen LogP contribution in [0.1, 0.15) is 32.8 Å². The lowest BCUT2D eigenvalue weighted by Crippen LogP contribution is -2.52. The van der Waals surface area contributed by atoms with Gasteiger partial charge in [-0.15, -0.1) is 0 Å². The summed E-state index contributed by atoms with van der Waals surface area (Å²) in [4.78, 5) is 28.6. The molecule has 10 heteroatoms. The van der Waals surface area contributed by atoms with E-state index < -0.39 is 28.5 Å². The van der Waals surface area contributed by atoms with Crippen molar-refractivity contribution in [2.24, 2.45) is 0 Å². The molecule has 0 saturated carbocycles. The van der Waals surface area contributed by atoms with Crippen LogP contribution < -0.4 is 19.1 Å². The minimum atomic E-state index is -4.18. The van der Waals surface area contributed by atoms with Crippen LogP contribution in [0.5, 0.6) is 11.5 Å². The summed E-state index contributed by atoms with van der Waals surface area (Å²) < 4.78 is 39.6. The van der Waals surface area contributed by atoms with Crippen molar-refractivity contribution < 1.29 is 27.5 Å². The van der Waals surface area contributed by atoms with E-state index in [1.165, 1.54) is 24.1 Å². The third-order valence-corrected chi connectivity index (χ3v) is 8.39. The first-order chi connectivity index (χ1) is 19.1. The van der Waals surface area contributed by atoms with Crippen LogP contribution in [-0.2, 0) is 26.2 Å². The van der Waals surface area contributed by atoms with Gasteiger partial charge in [-0.2, -0.15) is 0 Å². The monoisotopic (exact) mass is 567 g/mol. The highest BCUT2D eigenvalue weighted by molar-refractivity contribution is 7.92. The second kappa shape index (κ2) is 13.8. The number of para-hydroxylation sites is 2. The quantitative estimate of drug-likeness (QED) is 0.332. The molecule has 0 aliphatic rings. The molecule has 0 bridgehead atoms. The molecule has 0 radical (unpaired) electrons. The lowest BCUT2D eigenvalue weighted by atomic mass is 10.1. The van der Waals surface area contributed by atoms with E-state index in [1.54, 1.807) is 74.7 Å². The van der Waals surface area contributed by atoms with Gasteiger partial charge in [0.15, 0.2) is 0 Å². The van der Waals surface area contributed by atoms with Gasteiger partial charge in [-0.1, -0.05) is 49.4 Å². The van der Waals surface area contributed by atoms with E-state index in [0.29, 0.717) is 5.75 Å². The van der Waals surface area contributed by atoms with Crippen molar-refractivity contribution in [3.8, 4) is 11.5 Å². The molecule has 0 saturated heterocycles. The molecular formula is C30H37N3O6S. The number of amides is 2. The number of anilines is 1. The Balaban J connectivity index is 2.06. The van der Waals surface area contributed by atoms with Crippen LogP contribution in [0.4, 0.5) is 5.69 Å². The Morgan fingerprint density at radius 3 is 2.23 bits per heavy atom. The molecule has 0 unspecified atom stereocenters. The van der Waals surface area contributed by atoms with E-state index in [9.17, 15) is 18.0 Å². The average Bonchev–Trinajstić information content (AvgIpc) is 2.98. The zero-order valence-electron chi connectivity index (χ0n) is 23.5. The maximum Gasteiger partial charge on any atom is 0.264 e. The van der Waals surface area contributed by atoms with Crippen molar-refractivity contribution in [3.63, 3.8) is 0 Å². The van der Waals surface area contributed by atoms with Gasteiger partial charge in [0.1, 0.15) is 24.1 Å². The number of nitrogens with zero attached hydrogens (tertiary/aromatic N) is 2. The highest BCUT2D eigenvalue weighted by atomic mass is 32.2.